The minimum Gasteiger partial charge on any atom is -0.317 e. The molecule has 1 amide bonds. The van der Waals surface area contributed by atoms with Crippen molar-refractivity contribution in [3.63, 3.8) is 0 Å². The summed E-state index contributed by atoms with van der Waals surface area (Å²) in [6, 6.07) is 9.57. The van der Waals surface area contributed by atoms with E-state index in [0.29, 0.717) is 5.56 Å². The molecule has 0 fully saturated rings. The lowest BCUT2D eigenvalue weighted by Gasteiger charge is -2.07. The molecule has 0 saturated heterocycles. The van der Waals surface area contributed by atoms with E-state index < -0.39 is 23.2 Å². The van der Waals surface area contributed by atoms with Crippen molar-refractivity contribution in [3.8, 4) is 0 Å². The van der Waals surface area contributed by atoms with Crippen molar-refractivity contribution >= 4 is 48.9 Å². The number of thiophene rings is 1. The van der Waals surface area contributed by atoms with E-state index in [1.165, 1.54) is 11.3 Å². The summed E-state index contributed by atoms with van der Waals surface area (Å²) in [5.74, 6) is -2.18. The molecule has 0 aliphatic carbocycles. The van der Waals surface area contributed by atoms with Gasteiger partial charge in [-0.05, 0) is 18.2 Å². The first-order valence-corrected chi connectivity index (χ1v) is 7.65. The predicted octanol–water partition coefficient (Wildman–Crippen LogP) is 5.19. The highest BCUT2D eigenvalue weighted by Gasteiger charge is 2.17. The zero-order chi connectivity index (χ0) is 15.0. The first kappa shape index (κ1) is 14.2. The van der Waals surface area contributed by atoms with Crippen LogP contribution in [0.15, 0.2) is 46.3 Å². The molecule has 3 aromatic rings. The average Bonchev–Trinajstić information content (AvgIpc) is 2.86. The quantitative estimate of drug-likeness (QED) is 0.662. The van der Waals surface area contributed by atoms with Crippen LogP contribution in [0.5, 0.6) is 0 Å². The summed E-state index contributed by atoms with van der Waals surface area (Å²) in [6.07, 6.45) is 0. The van der Waals surface area contributed by atoms with Crippen LogP contribution in [0.4, 0.5) is 14.5 Å². The standard InChI is InChI=1S/C15H8BrF2NOS/c16-8-5-11(17)14(12(18)6-8)19-15(20)10-7-21-13-4-2-1-3-9(10)13/h1-7H,(H,19,20). The molecule has 1 N–H and O–H groups in total. The van der Waals surface area contributed by atoms with E-state index in [1.54, 1.807) is 11.4 Å². The van der Waals surface area contributed by atoms with Gasteiger partial charge in [0.15, 0.2) is 11.6 Å². The van der Waals surface area contributed by atoms with Crippen LogP contribution in [-0.4, -0.2) is 5.91 Å². The Labute approximate surface area is 131 Å². The van der Waals surface area contributed by atoms with Crippen LogP contribution in [0.2, 0.25) is 0 Å². The largest absolute Gasteiger partial charge is 0.317 e. The van der Waals surface area contributed by atoms with E-state index in [0.717, 1.165) is 22.2 Å². The monoisotopic (exact) mass is 367 g/mol. The van der Waals surface area contributed by atoms with Gasteiger partial charge >= 0.3 is 0 Å². The summed E-state index contributed by atoms with van der Waals surface area (Å²) in [7, 11) is 0. The van der Waals surface area contributed by atoms with Crippen molar-refractivity contribution in [2.45, 2.75) is 0 Å². The highest BCUT2D eigenvalue weighted by Crippen LogP contribution is 2.28. The smallest absolute Gasteiger partial charge is 0.257 e. The number of carbonyl (C=O) groups is 1. The van der Waals surface area contributed by atoms with Gasteiger partial charge in [-0.15, -0.1) is 11.3 Å². The van der Waals surface area contributed by atoms with E-state index in [4.69, 9.17) is 0 Å². The maximum absolute atomic E-state index is 13.7. The number of hydrogen-bond donors (Lipinski definition) is 1. The minimum absolute atomic E-state index is 0.275. The number of rotatable bonds is 2. The second kappa shape index (κ2) is 5.54. The molecule has 106 valence electrons. The Hall–Kier alpha value is -1.79. The Morgan fingerprint density at radius 3 is 2.52 bits per heavy atom. The van der Waals surface area contributed by atoms with Crippen LogP contribution in [0, 0.1) is 11.6 Å². The third-order valence-corrected chi connectivity index (χ3v) is 4.39. The van der Waals surface area contributed by atoms with Crippen LogP contribution in [0.1, 0.15) is 10.4 Å². The molecule has 0 spiro atoms. The molecule has 1 heterocycles. The molecule has 0 radical (unpaired) electrons. The molecule has 0 unspecified atom stereocenters. The Bertz CT molecular complexity index is 824. The number of anilines is 1. The highest BCUT2D eigenvalue weighted by atomic mass is 79.9. The number of nitrogens with one attached hydrogen (secondary N) is 1. The number of fused-ring (bicyclic) bond motifs is 1. The molecule has 2 aromatic carbocycles. The number of carbonyl (C=O) groups excluding carboxylic acids is 1. The summed E-state index contributed by atoms with van der Waals surface area (Å²) in [6.45, 7) is 0. The summed E-state index contributed by atoms with van der Waals surface area (Å²) in [5.41, 5.74) is -0.0456. The van der Waals surface area contributed by atoms with Crippen molar-refractivity contribution in [1.29, 1.82) is 0 Å². The van der Waals surface area contributed by atoms with Gasteiger partial charge in [0.25, 0.3) is 5.91 Å². The van der Waals surface area contributed by atoms with Crippen LogP contribution in [0.25, 0.3) is 10.1 Å². The minimum atomic E-state index is -0.824. The van der Waals surface area contributed by atoms with Crippen LogP contribution < -0.4 is 5.32 Å². The van der Waals surface area contributed by atoms with Crippen LogP contribution >= 0.6 is 27.3 Å². The molecule has 2 nitrogen and oxygen atoms in total. The fourth-order valence-corrected chi connectivity index (χ4v) is 3.34. The van der Waals surface area contributed by atoms with Gasteiger partial charge in [-0.1, -0.05) is 34.1 Å². The maximum atomic E-state index is 13.7. The van der Waals surface area contributed by atoms with Gasteiger partial charge in [0.2, 0.25) is 0 Å². The van der Waals surface area contributed by atoms with Crippen molar-refractivity contribution < 1.29 is 13.6 Å². The third kappa shape index (κ3) is 2.69. The third-order valence-electron chi connectivity index (χ3n) is 2.97. The van der Waals surface area contributed by atoms with E-state index >= 15 is 0 Å². The molecule has 0 aliphatic rings. The Morgan fingerprint density at radius 2 is 1.81 bits per heavy atom. The zero-order valence-electron chi connectivity index (χ0n) is 10.5. The van der Waals surface area contributed by atoms with Gasteiger partial charge in [0, 0.05) is 19.9 Å². The summed E-state index contributed by atoms with van der Waals surface area (Å²) < 4.78 is 28.7. The van der Waals surface area contributed by atoms with Crippen LogP contribution in [-0.2, 0) is 0 Å². The van der Waals surface area contributed by atoms with Crippen LogP contribution in [0.3, 0.4) is 0 Å². The van der Waals surface area contributed by atoms with Crippen molar-refractivity contribution in [2.75, 3.05) is 5.32 Å². The molecule has 1 aromatic heterocycles. The second-order valence-corrected chi connectivity index (χ2v) is 6.17. The molecule has 0 atom stereocenters. The lowest BCUT2D eigenvalue weighted by Crippen LogP contribution is -2.14. The number of hydrogen-bond acceptors (Lipinski definition) is 2. The first-order chi connectivity index (χ1) is 10.1. The molecule has 3 rings (SSSR count). The molecule has 0 aliphatic heterocycles. The molecule has 0 saturated carbocycles. The second-order valence-electron chi connectivity index (χ2n) is 4.34. The van der Waals surface area contributed by atoms with Gasteiger partial charge in [-0.25, -0.2) is 8.78 Å². The van der Waals surface area contributed by atoms with E-state index in [9.17, 15) is 13.6 Å². The van der Waals surface area contributed by atoms with Crippen molar-refractivity contribution in [1.82, 2.24) is 0 Å². The molecular weight excluding hydrogens is 360 g/mol. The molecule has 21 heavy (non-hydrogen) atoms. The number of halogens is 3. The van der Waals surface area contributed by atoms with Gasteiger partial charge in [0.05, 0.1) is 5.56 Å². The van der Waals surface area contributed by atoms with Crippen molar-refractivity contribution in [2.24, 2.45) is 0 Å². The highest BCUT2D eigenvalue weighted by molar-refractivity contribution is 9.10. The van der Waals surface area contributed by atoms with E-state index in [2.05, 4.69) is 21.2 Å². The van der Waals surface area contributed by atoms with Gasteiger partial charge in [-0.3, -0.25) is 4.79 Å². The Kier molecular flexibility index (Phi) is 3.73. The lowest BCUT2D eigenvalue weighted by atomic mass is 10.1. The zero-order valence-corrected chi connectivity index (χ0v) is 12.9. The number of benzene rings is 2. The Balaban J connectivity index is 1.97. The first-order valence-electron chi connectivity index (χ1n) is 5.98. The summed E-state index contributed by atoms with van der Waals surface area (Å²) >= 11 is 4.40. The lowest BCUT2D eigenvalue weighted by molar-refractivity contribution is 0.102. The summed E-state index contributed by atoms with van der Waals surface area (Å²) in [5, 5.41) is 4.73. The fraction of sp³-hybridized carbons (Fsp3) is 0. The Morgan fingerprint density at radius 1 is 1.14 bits per heavy atom. The van der Waals surface area contributed by atoms with Gasteiger partial charge in [0.1, 0.15) is 5.69 Å². The number of amides is 1. The fourth-order valence-electron chi connectivity index (χ4n) is 2.00. The molecular formula is C15H8BrF2NOS. The van der Waals surface area contributed by atoms with E-state index in [-0.39, 0.29) is 4.47 Å². The van der Waals surface area contributed by atoms with Crippen molar-refractivity contribution in [3.05, 3.63) is 63.4 Å². The predicted molar refractivity (Wildman–Crippen MR) is 83.8 cm³/mol. The topological polar surface area (TPSA) is 29.1 Å². The van der Waals surface area contributed by atoms with Gasteiger partial charge < -0.3 is 5.32 Å². The molecule has 0 bridgehead atoms. The SMILES string of the molecule is O=C(Nc1c(F)cc(Br)cc1F)c1csc2ccccc12. The van der Waals surface area contributed by atoms with E-state index in [1.807, 2.05) is 18.2 Å². The molecule has 6 heteroatoms. The average molecular weight is 368 g/mol. The normalized spacial score (nSPS) is 10.8. The van der Waals surface area contributed by atoms with Gasteiger partial charge in [-0.2, -0.15) is 0 Å². The maximum Gasteiger partial charge on any atom is 0.257 e. The summed E-state index contributed by atoms with van der Waals surface area (Å²) in [4.78, 5) is 12.2.